The highest BCUT2D eigenvalue weighted by Crippen LogP contribution is 2.12. The van der Waals surface area contributed by atoms with Crippen LogP contribution >= 0.6 is 0 Å². The monoisotopic (exact) mass is 375 g/mol. The lowest BCUT2D eigenvalue weighted by molar-refractivity contribution is -0.124. The average molecular weight is 375 g/mol. The van der Waals surface area contributed by atoms with Crippen LogP contribution < -0.4 is 5.32 Å². The van der Waals surface area contributed by atoms with Crippen molar-refractivity contribution in [3.63, 3.8) is 0 Å². The number of nitrogens with one attached hydrogen (secondary N) is 1. The summed E-state index contributed by atoms with van der Waals surface area (Å²) in [6.45, 7) is 0.0715. The van der Waals surface area contributed by atoms with E-state index in [1.165, 1.54) is 29.8 Å². The molecule has 0 atom stereocenters. The van der Waals surface area contributed by atoms with E-state index < -0.39 is 28.3 Å². The Morgan fingerprint density at radius 3 is 2.46 bits per heavy atom. The van der Waals surface area contributed by atoms with Crippen LogP contribution in [0.3, 0.4) is 0 Å². The summed E-state index contributed by atoms with van der Waals surface area (Å²) in [7, 11) is -3.42. The molecule has 26 heavy (non-hydrogen) atoms. The molecule has 2 aromatic rings. The molecule has 0 aliphatic heterocycles. The minimum Gasteiger partial charge on any atom is -0.452 e. The number of hydrogen-bond acceptors (Lipinski definition) is 5. The number of esters is 1. The van der Waals surface area contributed by atoms with E-state index in [4.69, 9.17) is 4.74 Å². The van der Waals surface area contributed by atoms with Gasteiger partial charge < -0.3 is 10.1 Å². The summed E-state index contributed by atoms with van der Waals surface area (Å²) in [5.74, 6) is -1.14. The third-order valence-electron chi connectivity index (χ3n) is 3.64. The number of carbonyl (C=O) groups is 2. The minimum absolute atomic E-state index is 0.0253. The van der Waals surface area contributed by atoms with Gasteiger partial charge in [-0.2, -0.15) is 0 Å². The zero-order chi connectivity index (χ0) is 19.0. The molecule has 0 aliphatic carbocycles. The summed E-state index contributed by atoms with van der Waals surface area (Å²) < 4.78 is 27.9. The Morgan fingerprint density at radius 1 is 1.04 bits per heavy atom. The van der Waals surface area contributed by atoms with E-state index >= 15 is 0 Å². The van der Waals surface area contributed by atoms with Gasteiger partial charge in [0.25, 0.3) is 5.91 Å². The fourth-order valence-electron chi connectivity index (χ4n) is 2.28. The van der Waals surface area contributed by atoms with Crippen molar-refractivity contribution in [2.45, 2.75) is 17.7 Å². The van der Waals surface area contributed by atoms with Crippen molar-refractivity contribution in [3.8, 4) is 0 Å². The van der Waals surface area contributed by atoms with E-state index in [9.17, 15) is 18.0 Å². The maximum Gasteiger partial charge on any atom is 0.338 e. The Morgan fingerprint density at radius 2 is 1.77 bits per heavy atom. The Balaban J connectivity index is 1.74. The molecule has 0 radical (unpaired) electrons. The van der Waals surface area contributed by atoms with E-state index in [0.717, 1.165) is 19.1 Å². The van der Waals surface area contributed by atoms with Crippen LogP contribution in [0.25, 0.3) is 0 Å². The second kappa shape index (κ2) is 9.15. The number of rotatable bonds is 8. The topological polar surface area (TPSA) is 89.5 Å². The number of aryl methyl sites for hydroxylation is 1. The SMILES string of the molecule is CS(=O)(=O)c1cccc(C(=O)OCC(=O)NCCCc2ccccc2)c1. The molecule has 6 nitrogen and oxygen atoms in total. The van der Waals surface area contributed by atoms with Crippen LogP contribution in [-0.4, -0.2) is 39.7 Å². The first-order valence-electron chi connectivity index (χ1n) is 8.14. The van der Waals surface area contributed by atoms with E-state index in [1.807, 2.05) is 30.3 Å². The highest BCUT2D eigenvalue weighted by Gasteiger charge is 2.13. The number of ether oxygens (including phenoxy) is 1. The van der Waals surface area contributed by atoms with E-state index in [2.05, 4.69) is 5.32 Å². The van der Waals surface area contributed by atoms with Gasteiger partial charge in [0, 0.05) is 12.8 Å². The van der Waals surface area contributed by atoms with Crippen molar-refractivity contribution in [1.82, 2.24) is 5.32 Å². The second-order valence-corrected chi connectivity index (χ2v) is 7.83. The molecular weight excluding hydrogens is 354 g/mol. The quantitative estimate of drug-likeness (QED) is 0.563. The van der Waals surface area contributed by atoms with Crippen LogP contribution in [0.5, 0.6) is 0 Å². The number of amides is 1. The lowest BCUT2D eigenvalue weighted by Gasteiger charge is -2.07. The predicted octanol–water partition coefficient (Wildman–Crippen LogP) is 2.00. The number of sulfone groups is 1. The molecule has 0 aliphatic rings. The molecule has 0 saturated carbocycles. The lowest BCUT2D eigenvalue weighted by Crippen LogP contribution is -2.29. The molecule has 0 heterocycles. The molecule has 2 aromatic carbocycles. The minimum atomic E-state index is -3.42. The van der Waals surface area contributed by atoms with Crippen LogP contribution in [0, 0.1) is 0 Å². The van der Waals surface area contributed by atoms with E-state index in [1.54, 1.807) is 0 Å². The molecule has 2 rings (SSSR count). The van der Waals surface area contributed by atoms with Crippen molar-refractivity contribution in [3.05, 3.63) is 65.7 Å². The standard InChI is InChI=1S/C19H21NO5S/c1-26(23,24)17-11-5-10-16(13-17)19(22)25-14-18(21)20-12-6-9-15-7-3-2-4-8-15/h2-5,7-8,10-11,13H,6,9,12,14H2,1H3,(H,20,21). The zero-order valence-corrected chi connectivity index (χ0v) is 15.3. The van der Waals surface area contributed by atoms with Gasteiger partial charge in [0.1, 0.15) is 0 Å². The van der Waals surface area contributed by atoms with Crippen molar-refractivity contribution in [1.29, 1.82) is 0 Å². The molecule has 1 amide bonds. The Kier molecular flexibility index (Phi) is 6.91. The molecule has 0 fully saturated rings. The van der Waals surface area contributed by atoms with Crippen molar-refractivity contribution < 1.29 is 22.7 Å². The Hall–Kier alpha value is -2.67. The molecule has 0 unspecified atom stereocenters. The maximum atomic E-state index is 11.9. The fraction of sp³-hybridized carbons (Fsp3) is 0.263. The molecule has 0 bridgehead atoms. The van der Waals surface area contributed by atoms with Crippen molar-refractivity contribution >= 4 is 21.7 Å². The third kappa shape index (κ3) is 6.33. The van der Waals surface area contributed by atoms with E-state index in [-0.39, 0.29) is 10.5 Å². The van der Waals surface area contributed by atoms with Gasteiger partial charge in [0.05, 0.1) is 10.5 Å². The van der Waals surface area contributed by atoms with Gasteiger partial charge in [-0.25, -0.2) is 13.2 Å². The predicted molar refractivity (Wildman–Crippen MR) is 97.6 cm³/mol. The molecule has 0 spiro atoms. The number of carbonyl (C=O) groups excluding carboxylic acids is 2. The zero-order valence-electron chi connectivity index (χ0n) is 14.5. The van der Waals surface area contributed by atoms with Crippen LogP contribution in [0.1, 0.15) is 22.3 Å². The lowest BCUT2D eigenvalue weighted by atomic mass is 10.1. The van der Waals surface area contributed by atoms with Gasteiger partial charge in [-0.3, -0.25) is 4.79 Å². The van der Waals surface area contributed by atoms with Crippen LogP contribution in [0.4, 0.5) is 0 Å². The van der Waals surface area contributed by atoms with E-state index in [0.29, 0.717) is 6.54 Å². The van der Waals surface area contributed by atoms with Crippen LogP contribution in [-0.2, 0) is 25.8 Å². The first kappa shape index (κ1) is 19.7. The summed E-state index contributed by atoms with van der Waals surface area (Å²) in [6, 6.07) is 15.4. The molecule has 138 valence electrons. The summed E-state index contributed by atoms with van der Waals surface area (Å²) in [5.41, 5.74) is 1.28. The summed E-state index contributed by atoms with van der Waals surface area (Å²) >= 11 is 0. The Labute approximate surface area is 153 Å². The molecule has 0 aromatic heterocycles. The first-order valence-corrected chi connectivity index (χ1v) is 10.0. The maximum absolute atomic E-state index is 11.9. The highest BCUT2D eigenvalue weighted by molar-refractivity contribution is 7.90. The molecule has 7 heteroatoms. The summed E-state index contributed by atoms with van der Waals surface area (Å²) in [4.78, 5) is 23.7. The smallest absolute Gasteiger partial charge is 0.338 e. The molecule has 1 N–H and O–H groups in total. The van der Waals surface area contributed by atoms with Gasteiger partial charge >= 0.3 is 5.97 Å². The Bertz CT molecular complexity index is 863. The fourth-order valence-corrected chi connectivity index (χ4v) is 2.95. The van der Waals surface area contributed by atoms with Crippen LogP contribution in [0.15, 0.2) is 59.5 Å². The van der Waals surface area contributed by atoms with Crippen LogP contribution in [0.2, 0.25) is 0 Å². The number of hydrogen-bond donors (Lipinski definition) is 1. The van der Waals surface area contributed by atoms with Gasteiger partial charge in [-0.15, -0.1) is 0 Å². The first-order chi connectivity index (χ1) is 12.4. The highest BCUT2D eigenvalue weighted by atomic mass is 32.2. The van der Waals surface area contributed by atoms with Crippen molar-refractivity contribution in [2.24, 2.45) is 0 Å². The van der Waals surface area contributed by atoms with Gasteiger partial charge in [-0.1, -0.05) is 36.4 Å². The summed E-state index contributed by atoms with van der Waals surface area (Å²) in [6.07, 6.45) is 2.68. The van der Waals surface area contributed by atoms with Gasteiger partial charge in [0.15, 0.2) is 16.4 Å². The van der Waals surface area contributed by atoms with Gasteiger partial charge in [-0.05, 0) is 36.6 Å². The number of benzene rings is 2. The normalized spacial score (nSPS) is 11.0. The summed E-state index contributed by atoms with van der Waals surface area (Å²) in [5, 5.41) is 2.68. The molecular formula is C19H21NO5S. The van der Waals surface area contributed by atoms with Gasteiger partial charge in [0.2, 0.25) is 0 Å². The second-order valence-electron chi connectivity index (χ2n) is 5.82. The largest absolute Gasteiger partial charge is 0.452 e. The average Bonchev–Trinajstić information content (AvgIpc) is 2.63. The third-order valence-corrected chi connectivity index (χ3v) is 4.75. The molecule has 0 saturated heterocycles. The van der Waals surface area contributed by atoms with Crippen molar-refractivity contribution in [2.75, 3.05) is 19.4 Å².